The topological polar surface area (TPSA) is 104 Å². The van der Waals surface area contributed by atoms with Crippen LogP contribution in [0, 0.1) is 0 Å². The summed E-state index contributed by atoms with van der Waals surface area (Å²) in [4.78, 5) is 45.5. The first kappa shape index (κ1) is 25.7. The zero-order valence-corrected chi connectivity index (χ0v) is 20.6. The van der Waals surface area contributed by atoms with Crippen LogP contribution >= 0.6 is 11.6 Å². The number of methoxy groups -OCH3 is 1. The van der Waals surface area contributed by atoms with E-state index in [1.807, 2.05) is 14.1 Å². The van der Waals surface area contributed by atoms with Crippen LogP contribution in [0.3, 0.4) is 0 Å². The summed E-state index contributed by atoms with van der Waals surface area (Å²) in [6.45, 7) is 0.270. The van der Waals surface area contributed by atoms with Crippen molar-refractivity contribution >= 4 is 46.5 Å². The molecule has 0 aliphatic carbocycles. The van der Waals surface area contributed by atoms with Gasteiger partial charge < -0.3 is 25.2 Å². The number of benzene rings is 2. The third-order valence-corrected chi connectivity index (χ3v) is 5.25. The number of hydrogen-bond acceptors (Lipinski definition) is 6. The van der Waals surface area contributed by atoms with Crippen LogP contribution in [0.15, 0.2) is 60.8 Å². The van der Waals surface area contributed by atoms with Gasteiger partial charge in [0.25, 0.3) is 11.8 Å². The lowest BCUT2D eigenvalue weighted by molar-refractivity contribution is -0.118. The normalized spacial score (nSPS) is 10.6. The number of nitrogens with one attached hydrogen (secondary N) is 2. The minimum atomic E-state index is -0.481. The molecule has 0 unspecified atom stereocenters. The van der Waals surface area contributed by atoms with Gasteiger partial charge in [0.05, 0.1) is 29.9 Å². The maximum Gasteiger partial charge on any atom is 0.259 e. The minimum absolute atomic E-state index is 0.0729. The van der Waals surface area contributed by atoms with Crippen molar-refractivity contribution in [3.8, 4) is 5.75 Å². The van der Waals surface area contributed by atoms with Crippen LogP contribution in [-0.4, -0.2) is 62.4 Å². The van der Waals surface area contributed by atoms with Gasteiger partial charge in [-0.1, -0.05) is 11.6 Å². The molecule has 2 N–H and O–H groups in total. The molecule has 0 radical (unpaired) electrons. The molecule has 1 heterocycles. The van der Waals surface area contributed by atoms with Crippen LogP contribution in [0.1, 0.15) is 20.7 Å². The van der Waals surface area contributed by atoms with Crippen LogP contribution in [0.25, 0.3) is 0 Å². The molecule has 0 saturated carbocycles. The fraction of sp³-hybridized carbons (Fsp3) is 0.200. The molecule has 0 bridgehead atoms. The quantitative estimate of drug-likeness (QED) is 0.493. The molecule has 0 fully saturated rings. The minimum Gasteiger partial charge on any atom is -0.497 e. The Morgan fingerprint density at radius 1 is 0.943 bits per heavy atom. The standard InChI is InChI=1S/C25H26ClN5O4/c1-30(2)15-23(32)31(3)18-8-5-16(6-9-18)24(33)28-21-11-10-19(35-4)13-20(21)25(34)29-22-12-7-17(26)14-27-22/h5-14H,15H2,1-4H3,(H,28,33)(H,27,29,34). The van der Waals surface area contributed by atoms with Crippen molar-refractivity contribution < 1.29 is 19.1 Å². The number of anilines is 3. The number of carbonyl (C=O) groups is 3. The Balaban J connectivity index is 1.78. The predicted octanol–water partition coefficient (Wildman–Crippen LogP) is 3.77. The number of aromatic nitrogens is 1. The molecule has 35 heavy (non-hydrogen) atoms. The fourth-order valence-corrected chi connectivity index (χ4v) is 3.24. The summed E-state index contributed by atoms with van der Waals surface area (Å²) in [6.07, 6.45) is 1.42. The van der Waals surface area contributed by atoms with Gasteiger partial charge in [0, 0.05) is 24.5 Å². The Labute approximate surface area is 208 Å². The number of amides is 3. The molecule has 182 valence electrons. The summed E-state index contributed by atoms with van der Waals surface area (Å²) in [7, 11) is 6.80. The highest BCUT2D eigenvalue weighted by atomic mass is 35.5. The first-order valence-corrected chi connectivity index (χ1v) is 11.0. The Morgan fingerprint density at radius 2 is 1.66 bits per heavy atom. The number of ether oxygens (including phenoxy) is 1. The lowest BCUT2D eigenvalue weighted by Gasteiger charge is -2.20. The van der Waals surface area contributed by atoms with Gasteiger partial charge in [-0.3, -0.25) is 14.4 Å². The number of rotatable bonds is 8. The Morgan fingerprint density at radius 3 is 2.26 bits per heavy atom. The van der Waals surface area contributed by atoms with Gasteiger partial charge in [0.15, 0.2) is 0 Å². The van der Waals surface area contributed by atoms with Crippen molar-refractivity contribution in [3.05, 3.63) is 76.9 Å². The van der Waals surface area contributed by atoms with E-state index in [1.54, 1.807) is 60.5 Å². The van der Waals surface area contributed by atoms with Crippen LogP contribution in [0.2, 0.25) is 5.02 Å². The van der Waals surface area contributed by atoms with Gasteiger partial charge in [-0.15, -0.1) is 0 Å². The number of halogens is 1. The molecule has 1 aromatic heterocycles. The third-order valence-electron chi connectivity index (χ3n) is 5.03. The van der Waals surface area contributed by atoms with E-state index in [2.05, 4.69) is 15.6 Å². The number of hydrogen-bond donors (Lipinski definition) is 2. The van der Waals surface area contributed by atoms with E-state index in [9.17, 15) is 14.4 Å². The molecule has 0 aliphatic rings. The van der Waals surface area contributed by atoms with Crippen molar-refractivity contribution in [2.75, 3.05) is 50.3 Å². The monoisotopic (exact) mass is 495 g/mol. The molecule has 9 nitrogen and oxygen atoms in total. The van der Waals surface area contributed by atoms with Crippen LogP contribution in [0.4, 0.5) is 17.2 Å². The molecule has 3 aromatic rings. The molecule has 3 rings (SSSR count). The van der Waals surface area contributed by atoms with E-state index in [1.165, 1.54) is 24.3 Å². The van der Waals surface area contributed by atoms with Gasteiger partial charge in [-0.05, 0) is 68.7 Å². The number of carbonyl (C=O) groups excluding carboxylic acids is 3. The summed E-state index contributed by atoms with van der Waals surface area (Å²) in [5, 5.41) is 5.89. The highest BCUT2D eigenvalue weighted by Crippen LogP contribution is 2.24. The van der Waals surface area contributed by atoms with Crippen LogP contribution in [0.5, 0.6) is 5.75 Å². The van der Waals surface area contributed by atoms with Gasteiger partial charge >= 0.3 is 0 Å². The Hall–Kier alpha value is -3.95. The van der Waals surface area contributed by atoms with E-state index in [0.29, 0.717) is 33.5 Å². The first-order valence-electron chi connectivity index (χ1n) is 10.6. The maximum absolute atomic E-state index is 12.9. The highest BCUT2D eigenvalue weighted by Gasteiger charge is 2.17. The molecular weight excluding hydrogens is 470 g/mol. The summed E-state index contributed by atoms with van der Waals surface area (Å²) < 4.78 is 5.23. The van der Waals surface area contributed by atoms with Crippen molar-refractivity contribution in [3.63, 3.8) is 0 Å². The number of nitrogens with zero attached hydrogens (tertiary/aromatic N) is 3. The maximum atomic E-state index is 12.9. The molecule has 10 heteroatoms. The van der Waals surface area contributed by atoms with Crippen LogP contribution in [-0.2, 0) is 4.79 Å². The van der Waals surface area contributed by atoms with Gasteiger partial charge in [-0.25, -0.2) is 4.98 Å². The molecule has 0 saturated heterocycles. The smallest absolute Gasteiger partial charge is 0.259 e. The summed E-state index contributed by atoms with van der Waals surface area (Å²) in [6, 6.07) is 14.5. The number of pyridine rings is 1. The second-order valence-electron chi connectivity index (χ2n) is 7.92. The SMILES string of the molecule is COc1ccc(NC(=O)c2ccc(N(C)C(=O)CN(C)C)cc2)c(C(=O)Nc2ccc(Cl)cn2)c1. The molecule has 0 atom stereocenters. The van der Waals surface area contributed by atoms with Crippen molar-refractivity contribution in [1.29, 1.82) is 0 Å². The van der Waals surface area contributed by atoms with Crippen molar-refractivity contribution in [2.24, 2.45) is 0 Å². The molecule has 0 aliphatic heterocycles. The van der Waals surface area contributed by atoms with Gasteiger partial charge in [-0.2, -0.15) is 0 Å². The Kier molecular flexibility index (Phi) is 8.40. The molecule has 0 spiro atoms. The number of likely N-dealkylation sites (N-methyl/N-ethyl adjacent to an activating group) is 2. The summed E-state index contributed by atoms with van der Waals surface area (Å²) in [5.74, 6) is -0.209. The molecule has 2 aromatic carbocycles. The van der Waals surface area contributed by atoms with E-state index >= 15 is 0 Å². The van der Waals surface area contributed by atoms with Gasteiger partial charge in [0.2, 0.25) is 5.91 Å². The average Bonchev–Trinajstić information content (AvgIpc) is 2.84. The molecular formula is C25H26ClN5O4. The van der Waals surface area contributed by atoms with E-state index < -0.39 is 11.8 Å². The second-order valence-corrected chi connectivity index (χ2v) is 8.36. The van der Waals surface area contributed by atoms with Crippen LogP contribution < -0.4 is 20.3 Å². The molecule has 3 amide bonds. The lowest BCUT2D eigenvalue weighted by Crippen LogP contribution is -2.35. The first-order chi connectivity index (χ1) is 16.7. The highest BCUT2D eigenvalue weighted by molar-refractivity contribution is 6.30. The summed E-state index contributed by atoms with van der Waals surface area (Å²) in [5.41, 5.74) is 1.52. The van der Waals surface area contributed by atoms with E-state index in [-0.39, 0.29) is 18.0 Å². The van der Waals surface area contributed by atoms with Crippen molar-refractivity contribution in [2.45, 2.75) is 0 Å². The van der Waals surface area contributed by atoms with Gasteiger partial charge in [0.1, 0.15) is 11.6 Å². The average molecular weight is 496 g/mol. The fourth-order valence-electron chi connectivity index (χ4n) is 3.13. The van der Waals surface area contributed by atoms with E-state index in [4.69, 9.17) is 16.3 Å². The third kappa shape index (κ3) is 6.78. The van der Waals surface area contributed by atoms with E-state index in [0.717, 1.165) is 0 Å². The summed E-state index contributed by atoms with van der Waals surface area (Å²) >= 11 is 5.85. The zero-order chi connectivity index (χ0) is 25.5. The Bertz CT molecular complexity index is 1210. The second kappa shape index (κ2) is 11.5. The zero-order valence-electron chi connectivity index (χ0n) is 19.8. The van der Waals surface area contributed by atoms with Crippen molar-refractivity contribution in [1.82, 2.24) is 9.88 Å². The largest absolute Gasteiger partial charge is 0.497 e. The lowest BCUT2D eigenvalue weighted by atomic mass is 10.1. The predicted molar refractivity (Wildman–Crippen MR) is 137 cm³/mol.